The SMILES string of the molecule is CC(C(N)c1ccccc1)N(C)Cc1ccc(F)cc1. The number of nitrogens with two attached hydrogens (primary N) is 1. The van der Waals surface area contributed by atoms with Crippen molar-refractivity contribution in [2.75, 3.05) is 7.05 Å². The average molecular weight is 272 g/mol. The molecule has 0 amide bonds. The minimum absolute atomic E-state index is 0.0401. The Bertz CT molecular complexity index is 524. The van der Waals surface area contributed by atoms with Gasteiger partial charge in [0.25, 0.3) is 0 Å². The van der Waals surface area contributed by atoms with Crippen molar-refractivity contribution in [3.8, 4) is 0 Å². The molecule has 2 aromatic rings. The fourth-order valence-electron chi connectivity index (χ4n) is 2.25. The molecule has 0 fully saturated rings. The molecule has 2 N–H and O–H groups in total. The molecule has 3 heteroatoms. The summed E-state index contributed by atoms with van der Waals surface area (Å²) in [6, 6.07) is 16.9. The van der Waals surface area contributed by atoms with Crippen LogP contribution < -0.4 is 5.73 Å². The molecule has 0 aliphatic heterocycles. The van der Waals surface area contributed by atoms with E-state index in [2.05, 4.69) is 11.8 Å². The van der Waals surface area contributed by atoms with Crippen LogP contribution in [-0.2, 0) is 6.54 Å². The zero-order valence-corrected chi connectivity index (χ0v) is 12.0. The molecule has 20 heavy (non-hydrogen) atoms. The van der Waals surface area contributed by atoms with Crippen LogP contribution in [0.5, 0.6) is 0 Å². The molecule has 2 rings (SSSR count). The summed E-state index contributed by atoms with van der Waals surface area (Å²) < 4.78 is 12.9. The summed E-state index contributed by atoms with van der Waals surface area (Å²) in [5, 5.41) is 0. The van der Waals surface area contributed by atoms with Crippen LogP contribution >= 0.6 is 0 Å². The van der Waals surface area contributed by atoms with Gasteiger partial charge in [-0.3, -0.25) is 4.90 Å². The first-order chi connectivity index (χ1) is 9.58. The molecular weight excluding hydrogens is 251 g/mol. The lowest BCUT2D eigenvalue weighted by molar-refractivity contribution is 0.219. The van der Waals surface area contributed by atoms with Crippen molar-refractivity contribution in [1.29, 1.82) is 0 Å². The van der Waals surface area contributed by atoms with E-state index in [9.17, 15) is 4.39 Å². The highest BCUT2D eigenvalue weighted by atomic mass is 19.1. The van der Waals surface area contributed by atoms with Crippen LogP contribution in [0.25, 0.3) is 0 Å². The number of nitrogens with zero attached hydrogens (tertiary/aromatic N) is 1. The van der Waals surface area contributed by atoms with Crippen LogP contribution in [0.1, 0.15) is 24.1 Å². The average Bonchev–Trinajstić information content (AvgIpc) is 2.49. The maximum absolute atomic E-state index is 12.9. The predicted octanol–water partition coefficient (Wildman–Crippen LogP) is 3.35. The van der Waals surface area contributed by atoms with Gasteiger partial charge in [0.05, 0.1) is 0 Å². The summed E-state index contributed by atoms with van der Waals surface area (Å²) in [4.78, 5) is 2.19. The second-order valence-electron chi connectivity index (χ2n) is 5.22. The Hall–Kier alpha value is -1.71. The number of rotatable bonds is 5. The van der Waals surface area contributed by atoms with Gasteiger partial charge in [-0.2, -0.15) is 0 Å². The quantitative estimate of drug-likeness (QED) is 0.904. The number of hydrogen-bond donors (Lipinski definition) is 1. The molecule has 2 unspecified atom stereocenters. The molecule has 2 atom stereocenters. The lowest BCUT2D eigenvalue weighted by Crippen LogP contribution is -2.37. The van der Waals surface area contributed by atoms with Gasteiger partial charge in [-0.1, -0.05) is 42.5 Å². The molecule has 2 aromatic carbocycles. The molecule has 0 bridgehead atoms. The molecule has 0 aliphatic carbocycles. The molecule has 0 saturated carbocycles. The maximum Gasteiger partial charge on any atom is 0.123 e. The summed E-state index contributed by atoms with van der Waals surface area (Å²) in [5.74, 6) is -0.203. The number of benzene rings is 2. The van der Waals surface area contributed by atoms with Gasteiger partial charge < -0.3 is 5.73 Å². The highest BCUT2D eigenvalue weighted by Crippen LogP contribution is 2.19. The third-order valence-electron chi connectivity index (χ3n) is 3.74. The lowest BCUT2D eigenvalue weighted by Gasteiger charge is -2.30. The molecule has 0 radical (unpaired) electrons. The van der Waals surface area contributed by atoms with E-state index in [1.807, 2.05) is 49.5 Å². The van der Waals surface area contributed by atoms with Crippen LogP contribution in [0, 0.1) is 5.82 Å². The Balaban J connectivity index is 2.01. The highest BCUT2D eigenvalue weighted by Gasteiger charge is 2.18. The molecule has 0 saturated heterocycles. The van der Waals surface area contributed by atoms with Crippen LogP contribution in [-0.4, -0.2) is 18.0 Å². The zero-order valence-electron chi connectivity index (χ0n) is 12.0. The molecule has 0 aromatic heterocycles. The van der Waals surface area contributed by atoms with Crippen molar-refractivity contribution in [2.24, 2.45) is 5.73 Å². The number of likely N-dealkylation sites (N-methyl/N-ethyl adjacent to an activating group) is 1. The van der Waals surface area contributed by atoms with Crippen LogP contribution in [0.2, 0.25) is 0 Å². The standard InChI is InChI=1S/C17H21FN2/c1-13(17(19)15-6-4-3-5-7-15)20(2)12-14-8-10-16(18)11-9-14/h3-11,13,17H,12,19H2,1-2H3. The molecule has 0 aliphatic rings. The fraction of sp³-hybridized carbons (Fsp3) is 0.294. The van der Waals surface area contributed by atoms with Gasteiger partial charge in [0.15, 0.2) is 0 Å². The summed E-state index contributed by atoms with van der Waals surface area (Å²) in [6.45, 7) is 2.86. The monoisotopic (exact) mass is 272 g/mol. The van der Waals surface area contributed by atoms with Gasteiger partial charge >= 0.3 is 0 Å². The van der Waals surface area contributed by atoms with Gasteiger partial charge in [0.2, 0.25) is 0 Å². The van der Waals surface area contributed by atoms with Gasteiger partial charge in [-0.25, -0.2) is 4.39 Å². The van der Waals surface area contributed by atoms with Crippen molar-refractivity contribution < 1.29 is 4.39 Å². The van der Waals surface area contributed by atoms with E-state index >= 15 is 0 Å². The molecule has 0 spiro atoms. The van der Waals surface area contributed by atoms with Crippen molar-refractivity contribution in [3.63, 3.8) is 0 Å². The number of hydrogen-bond acceptors (Lipinski definition) is 2. The van der Waals surface area contributed by atoms with Crippen LogP contribution in [0.3, 0.4) is 0 Å². The highest BCUT2D eigenvalue weighted by molar-refractivity contribution is 5.20. The minimum atomic E-state index is -0.203. The topological polar surface area (TPSA) is 29.3 Å². The van der Waals surface area contributed by atoms with Gasteiger partial charge in [-0.05, 0) is 37.2 Å². The Morgan fingerprint density at radius 2 is 1.65 bits per heavy atom. The Morgan fingerprint density at radius 1 is 1.05 bits per heavy atom. The first-order valence-electron chi connectivity index (χ1n) is 6.83. The largest absolute Gasteiger partial charge is 0.323 e. The fourth-order valence-corrected chi connectivity index (χ4v) is 2.25. The van der Waals surface area contributed by atoms with Crippen molar-refractivity contribution in [1.82, 2.24) is 4.90 Å². The van der Waals surface area contributed by atoms with Gasteiger partial charge in [0, 0.05) is 18.6 Å². The number of halogens is 1. The second-order valence-corrected chi connectivity index (χ2v) is 5.22. The Morgan fingerprint density at radius 3 is 2.25 bits per heavy atom. The summed E-state index contributed by atoms with van der Waals surface area (Å²) >= 11 is 0. The van der Waals surface area contributed by atoms with E-state index in [4.69, 9.17) is 5.73 Å². The first kappa shape index (κ1) is 14.7. The molecule has 106 valence electrons. The van der Waals surface area contributed by atoms with E-state index < -0.39 is 0 Å². The summed E-state index contributed by atoms with van der Waals surface area (Å²) in [5.41, 5.74) is 8.53. The minimum Gasteiger partial charge on any atom is -0.323 e. The first-order valence-corrected chi connectivity index (χ1v) is 6.83. The van der Waals surface area contributed by atoms with Crippen LogP contribution in [0.4, 0.5) is 4.39 Å². The molecule has 0 heterocycles. The second kappa shape index (κ2) is 6.64. The summed E-state index contributed by atoms with van der Waals surface area (Å²) in [6.07, 6.45) is 0. The Kier molecular flexibility index (Phi) is 4.88. The van der Waals surface area contributed by atoms with Gasteiger partial charge in [-0.15, -0.1) is 0 Å². The zero-order chi connectivity index (χ0) is 14.5. The third kappa shape index (κ3) is 3.65. The van der Waals surface area contributed by atoms with Crippen molar-refractivity contribution in [3.05, 3.63) is 71.5 Å². The van der Waals surface area contributed by atoms with E-state index in [0.29, 0.717) is 0 Å². The lowest BCUT2D eigenvalue weighted by atomic mass is 10.00. The molecule has 2 nitrogen and oxygen atoms in total. The van der Waals surface area contributed by atoms with E-state index in [1.54, 1.807) is 0 Å². The Labute approximate surface area is 120 Å². The predicted molar refractivity (Wildman–Crippen MR) is 80.7 cm³/mol. The smallest absolute Gasteiger partial charge is 0.123 e. The van der Waals surface area contributed by atoms with Crippen LogP contribution in [0.15, 0.2) is 54.6 Å². The van der Waals surface area contributed by atoms with E-state index in [1.165, 1.54) is 12.1 Å². The van der Waals surface area contributed by atoms with E-state index in [0.717, 1.165) is 17.7 Å². The normalized spacial score (nSPS) is 14.2. The van der Waals surface area contributed by atoms with Crippen molar-refractivity contribution >= 4 is 0 Å². The summed E-state index contributed by atoms with van der Waals surface area (Å²) in [7, 11) is 2.04. The maximum atomic E-state index is 12.9. The third-order valence-corrected chi connectivity index (χ3v) is 3.74. The van der Waals surface area contributed by atoms with E-state index in [-0.39, 0.29) is 17.9 Å². The van der Waals surface area contributed by atoms with Crippen molar-refractivity contribution in [2.45, 2.75) is 25.6 Å². The van der Waals surface area contributed by atoms with Gasteiger partial charge in [0.1, 0.15) is 5.82 Å². The molecular formula is C17H21FN2.